The molecule has 1 saturated carbocycles. The van der Waals surface area contributed by atoms with E-state index in [2.05, 4.69) is 56.8 Å². The van der Waals surface area contributed by atoms with Crippen molar-refractivity contribution in [3.05, 3.63) is 65.2 Å². The first-order chi connectivity index (χ1) is 14.9. The van der Waals surface area contributed by atoms with Crippen LogP contribution >= 0.6 is 11.3 Å². The summed E-state index contributed by atoms with van der Waals surface area (Å²) >= 11 is 1.53. The second-order valence-electron chi connectivity index (χ2n) is 8.44. The number of pyridine rings is 1. The lowest BCUT2D eigenvalue weighted by Gasteiger charge is -2.11. The van der Waals surface area contributed by atoms with Crippen molar-refractivity contribution in [1.82, 2.24) is 24.8 Å². The van der Waals surface area contributed by atoms with Gasteiger partial charge in [0.25, 0.3) is 5.91 Å². The number of hydrogen-bond donors (Lipinski definition) is 2. The van der Waals surface area contributed by atoms with Gasteiger partial charge >= 0.3 is 0 Å². The maximum atomic E-state index is 12.7. The van der Waals surface area contributed by atoms with Gasteiger partial charge in [0.1, 0.15) is 11.2 Å². The van der Waals surface area contributed by atoms with Gasteiger partial charge in [0.05, 0.1) is 24.1 Å². The van der Waals surface area contributed by atoms with Crippen LogP contribution in [0, 0.1) is 0 Å². The molecule has 8 heteroatoms. The van der Waals surface area contributed by atoms with Crippen LogP contribution in [0.3, 0.4) is 0 Å². The Balaban J connectivity index is 1.24. The van der Waals surface area contributed by atoms with Gasteiger partial charge in [0.2, 0.25) is 0 Å². The number of nitrogens with zero attached hydrogens (tertiary/aromatic N) is 4. The number of aromatic nitrogens is 4. The monoisotopic (exact) mass is 432 g/mol. The van der Waals surface area contributed by atoms with Gasteiger partial charge < -0.3 is 15.2 Å². The third-order valence-electron chi connectivity index (χ3n) is 5.98. The molecule has 1 aliphatic carbocycles. The van der Waals surface area contributed by atoms with Crippen LogP contribution in [0.4, 0.5) is 10.8 Å². The molecule has 3 heterocycles. The van der Waals surface area contributed by atoms with Crippen LogP contribution in [0.5, 0.6) is 0 Å². The van der Waals surface area contributed by atoms with E-state index in [0.29, 0.717) is 11.1 Å². The topological polar surface area (TPSA) is 84.7 Å². The van der Waals surface area contributed by atoms with E-state index in [1.165, 1.54) is 29.7 Å². The lowest BCUT2D eigenvalue weighted by molar-refractivity contribution is 0.0935. The highest BCUT2D eigenvalue weighted by Crippen LogP contribution is 2.47. The quantitative estimate of drug-likeness (QED) is 0.461. The molecule has 158 valence electrons. The fourth-order valence-electron chi connectivity index (χ4n) is 3.60. The Morgan fingerprint density at radius 2 is 1.94 bits per heavy atom. The van der Waals surface area contributed by atoms with Crippen molar-refractivity contribution < 1.29 is 4.79 Å². The Labute approximate surface area is 184 Å². The average Bonchev–Trinajstić information content (AvgIpc) is 3.18. The molecule has 0 aliphatic heterocycles. The number of amides is 1. The highest BCUT2D eigenvalue weighted by molar-refractivity contribution is 7.15. The highest BCUT2D eigenvalue weighted by Gasteiger charge is 2.38. The number of imidazole rings is 1. The molecule has 1 aromatic carbocycles. The van der Waals surface area contributed by atoms with Crippen molar-refractivity contribution >= 4 is 39.1 Å². The summed E-state index contributed by atoms with van der Waals surface area (Å²) < 4.78 is 1.87. The molecule has 0 bridgehead atoms. The molecular formula is C23H24N6OS. The molecule has 1 fully saturated rings. The third kappa shape index (κ3) is 3.90. The van der Waals surface area contributed by atoms with Crippen LogP contribution in [0.1, 0.15) is 53.7 Å². The van der Waals surface area contributed by atoms with Gasteiger partial charge in [-0.1, -0.05) is 30.4 Å². The minimum Gasteiger partial charge on any atom is -0.343 e. The fraction of sp³-hybridized carbons (Fsp3) is 0.304. The van der Waals surface area contributed by atoms with Gasteiger partial charge in [0, 0.05) is 23.8 Å². The number of fused-ring (bicyclic) bond motifs is 1. The first-order valence-corrected chi connectivity index (χ1v) is 11.1. The molecule has 0 saturated heterocycles. The Hall–Kier alpha value is -3.26. The molecule has 2 N–H and O–H groups in total. The summed E-state index contributed by atoms with van der Waals surface area (Å²) in [6, 6.07) is 10.2. The fourth-order valence-corrected chi connectivity index (χ4v) is 4.44. The lowest BCUT2D eigenvalue weighted by atomic mass is 9.98. The Morgan fingerprint density at radius 1 is 1.16 bits per heavy atom. The molecule has 1 atom stereocenters. The molecular weight excluding hydrogens is 408 g/mol. The molecule has 4 aromatic rings. The largest absolute Gasteiger partial charge is 0.343 e. The zero-order valence-electron chi connectivity index (χ0n) is 17.7. The summed E-state index contributed by atoms with van der Waals surface area (Å²) in [6.07, 6.45) is 7.67. The highest BCUT2D eigenvalue weighted by atomic mass is 32.1. The summed E-state index contributed by atoms with van der Waals surface area (Å²) in [5.74, 6) is -0.220. The number of benzene rings is 1. The van der Waals surface area contributed by atoms with Gasteiger partial charge in [-0.3, -0.25) is 4.79 Å². The van der Waals surface area contributed by atoms with Crippen molar-refractivity contribution in [2.75, 3.05) is 5.32 Å². The van der Waals surface area contributed by atoms with E-state index in [9.17, 15) is 4.79 Å². The zero-order chi connectivity index (χ0) is 21.6. The number of thiazole rings is 1. The maximum Gasteiger partial charge on any atom is 0.270 e. The minimum atomic E-state index is -0.220. The molecule has 0 radical (unpaired) electrons. The van der Waals surface area contributed by atoms with E-state index in [1.807, 2.05) is 18.5 Å². The van der Waals surface area contributed by atoms with Gasteiger partial charge in [-0.2, -0.15) is 0 Å². The van der Waals surface area contributed by atoms with E-state index in [-0.39, 0.29) is 11.9 Å². The first kappa shape index (κ1) is 19.7. The van der Waals surface area contributed by atoms with Gasteiger partial charge in [-0.05, 0) is 48.9 Å². The number of anilines is 2. The number of carbonyl (C=O) groups excluding carboxylic acids is 1. The molecule has 0 spiro atoms. The molecule has 3 aromatic heterocycles. The van der Waals surface area contributed by atoms with Gasteiger partial charge in [0.15, 0.2) is 5.13 Å². The first-order valence-electron chi connectivity index (χ1n) is 10.3. The second kappa shape index (κ2) is 7.46. The van der Waals surface area contributed by atoms with E-state index < -0.39 is 0 Å². The van der Waals surface area contributed by atoms with Crippen LogP contribution in [0.2, 0.25) is 0 Å². The molecule has 1 aliphatic rings. The van der Waals surface area contributed by atoms with Gasteiger partial charge in [-0.15, -0.1) is 0 Å². The summed E-state index contributed by atoms with van der Waals surface area (Å²) in [5, 5.41) is 7.17. The summed E-state index contributed by atoms with van der Waals surface area (Å²) in [7, 11) is 1.89. The van der Waals surface area contributed by atoms with Crippen molar-refractivity contribution in [2.45, 2.75) is 38.1 Å². The van der Waals surface area contributed by atoms with Gasteiger partial charge in [-0.25, -0.2) is 15.0 Å². The van der Waals surface area contributed by atoms with E-state index >= 15 is 0 Å². The predicted molar refractivity (Wildman–Crippen MR) is 123 cm³/mol. The van der Waals surface area contributed by atoms with E-state index in [0.717, 1.165) is 26.7 Å². The molecule has 5 rings (SSSR count). The number of rotatable bonds is 6. The van der Waals surface area contributed by atoms with Crippen LogP contribution in [0.15, 0.2) is 49.1 Å². The number of aryl methyl sites for hydroxylation is 1. The third-order valence-corrected chi connectivity index (χ3v) is 7.07. The Bertz CT molecular complexity index is 1250. The van der Waals surface area contributed by atoms with Crippen LogP contribution in [0.25, 0.3) is 11.0 Å². The van der Waals surface area contributed by atoms with Crippen molar-refractivity contribution in [3.8, 4) is 0 Å². The standard InChI is InChI=1S/C23H24N6OS/c1-14(27-21(30)17-10-19-18(11-24-17)26-13-29(19)3)20-12-25-22(31-20)28-16-6-4-15(5-7-16)23(2)8-9-23/h4-7,10-14H,8-9H2,1-3H3,(H,25,28)(H,27,30). The Kier molecular flexibility index (Phi) is 4.74. The average molecular weight is 433 g/mol. The summed E-state index contributed by atoms with van der Waals surface area (Å²) in [4.78, 5) is 26.6. The van der Waals surface area contributed by atoms with Crippen molar-refractivity contribution in [3.63, 3.8) is 0 Å². The Morgan fingerprint density at radius 3 is 2.68 bits per heavy atom. The number of nitrogens with one attached hydrogen (secondary N) is 2. The molecule has 7 nitrogen and oxygen atoms in total. The molecule has 1 amide bonds. The lowest BCUT2D eigenvalue weighted by Crippen LogP contribution is -2.26. The molecule has 31 heavy (non-hydrogen) atoms. The van der Waals surface area contributed by atoms with Crippen LogP contribution < -0.4 is 10.6 Å². The smallest absolute Gasteiger partial charge is 0.270 e. The SMILES string of the molecule is CC(NC(=O)c1cc2c(cn1)ncn2C)c1cnc(Nc2ccc(C3(C)CC3)cc2)s1. The normalized spacial score (nSPS) is 15.6. The van der Waals surface area contributed by atoms with E-state index in [1.54, 1.807) is 24.8 Å². The van der Waals surface area contributed by atoms with E-state index in [4.69, 9.17) is 0 Å². The molecule has 1 unspecified atom stereocenters. The zero-order valence-corrected chi connectivity index (χ0v) is 18.5. The second-order valence-corrected chi connectivity index (χ2v) is 9.50. The number of hydrogen-bond acceptors (Lipinski definition) is 6. The van der Waals surface area contributed by atoms with Crippen molar-refractivity contribution in [1.29, 1.82) is 0 Å². The van der Waals surface area contributed by atoms with Crippen LogP contribution in [-0.4, -0.2) is 25.4 Å². The maximum absolute atomic E-state index is 12.7. The number of carbonyl (C=O) groups is 1. The predicted octanol–water partition coefficient (Wildman–Crippen LogP) is 4.71. The minimum absolute atomic E-state index is 0.179. The summed E-state index contributed by atoms with van der Waals surface area (Å²) in [5.41, 5.74) is 4.79. The van der Waals surface area contributed by atoms with Crippen LogP contribution in [-0.2, 0) is 12.5 Å². The van der Waals surface area contributed by atoms with Crippen molar-refractivity contribution in [2.24, 2.45) is 7.05 Å². The summed E-state index contributed by atoms with van der Waals surface area (Å²) in [6.45, 7) is 4.26.